The molecule has 1 aromatic rings. The molecule has 0 spiro atoms. The number of para-hydroxylation sites is 1. The Balaban J connectivity index is 2.59. The third-order valence-corrected chi connectivity index (χ3v) is 2.03. The molecule has 0 fully saturated rings. The van der Waals surface area contributed by atoms with Crippen molar-refractivity contribution in [3.05, 3.63) is 30.3 Å². The van der Waals surface area contributed by atoms with E-state index in [0.29, 0.717) is 0 Å². The van der Waals surface area contributed by atoms with E-state index in [9.17, 15) is 4.79 Å². The second kappa shape index (κ2) is 6.12. The van der Waals surface area contributed by atoms with Crippen molar-refractivity contribution in [2.45, 2.75) is 20.0 Å². The molecule has 4 heteroatoms. The number of ether oxygens (including phenoxy) is 1. The predicted molar refractivity (Wildman–Crippen MR) is 64.1 cm³/mol. The van der Waals surface area contributed by atoms with Crippen LogP contribution < -0.4 is 10.6 Å². The van der Waals surface area contributed by atoms with Crippen LogP contribution in [0.1, 0.15) is 13.8 Å². The van der Waals surface area contributed by atoms with Crippen molar-refractivity contribution in [2.75, 3.05) is 18.1 Å². The van der Waals surface area contributed by atoms with E-state index in [-0.39, 0.29) is 25.3 Å². The third kappa shape index (κ3) is 3.90. The Morgan fingerprint density at radius 3 is 2.50 bits per heavy atom. The van der Waals surface area contributed by atoms with Crippen LogP contribution in [0, 0.1) is 0 Å². The third-order valence-electron chi connectivity index (χ3n) is 2.03. The number of hydrogen-bond donors (Lipinski definition) is 1. The van der Waals surface area contributed by atoms with Crippen LogP contribution in [-0.2, 0) is 9.53 Å². The highest BCUT2D eigenvalue weighted by Crippen LogP contribution is 2.11. The normalized spacial score (nSPS) is 10.2. The molecular formula is C12H18N2O2. The monoisotopic (exact) mass is 222 g/mol. The van der Waals surface area contributed by atoms with E-state index in [2.05, 4.69) is 0 Å². The van der Waals surface area contributed by atoms with Crippen molar-refractivity contribution >= 4 is 11.7 Å². The summed E-state index contributed by atoms with van der Waals surface area (Å²) in [6.45, 7) is 4.12. The molecule has 0 saturated heterocycles. The lowest BCUT2D eigenvalue weighted by Gasteiger charge is -2.22. The molecule has 0 amide bonds. The molecule has 0 unspecified atom stereocenters. The Morgan fingerprint density at radius 2 is 2.00 bits per heavy atom. The highest BCUT2D eigenvalue weighted by Gasteiger charge is 2.11. The Hall–Kier alpha value is -1.55. The lowest BCUT2D eigenvalue weighted by atomic mass is 10.3. The average molecular weight is 222 g/mol. The highest BCUT2D eigenvalue weighted by molar-refractivity contribution is 5.75. The summed E-state index contributed by atoms with van der Waals surface area (Å²) in [4.78, 5) is 13.2. The molecule has 0 atom stereocenters. The molecule has 0 saturated carbocycles. The number of nitrogens with two attached hydrogens (primary N) is 1. The summed E-state index contributed by atoms with van der Waals surface area (Å²) in [7, 11) is 0. The number of benzene rings is 1. The van der Waals surface area contributed by atoms with Crippen LogP contribution in [0.2, 0.25) is 0 Å². The van der Waals surface area contributed by atoms with Gasteiger partial charge in [-0.1, -0.05) is 18.2 Å². The quantitative estimate of drug-likeness (QED) is 0.603. The Morgan fingerprint density at radius 1 is 1.38 bits per heavy atom. The van der Waals surface area contributed by atoms with Crippen LogP contribution in [0.4, 0.5) is 5.69 Å². The molecule has 0 aliphatic rings. The van der Waals surface area contributed by atoms with Gasteiger partial charge in [0, 0.05) is 5.69 Å². The lowest BCUT2D eigenvalue weighted by molar-refractivity contribution is -0.145. The molecule has 16 heavy (non-hydrogen) atoms. The molecule has 1 aromatic carbocycles. The van der Waals surface area contributed by atoms with Crippen molar-refractivity contribution in [1.29, 1.82) is 0 Å². The first-order valence-corrected chi connectivity index (χ1v) is 5.33. The van der Waals surface area contributed by atoms with Crippen molar-refractivity contribution in [3.8, 4) is 0 Å². The zero-order valence-corrected chi connectivity index (χ0v) is 9.72. The fourth-order valence-electron chi connectivity index (χ4n) is 1.36. The van der Waals surface area contributed by atoms with E-state index in [1.165, 1.54) is 0 Å². The first-order valence-electron chi connectivity index (χ1n) is 5.33. The Kier molecular flexibility index (Phi) is 4.79. The second-order valence-corrected chi connectivity index (χ2v) is 3.75. The predicted octanol–water partition coefficient (Wildman–Crippen LogP) is 1.36. The Labute approximate surface area is 96.0 Å². The van der Waals surface area contributed by atoms with E-state index < -0.39 is 0 Å². The summed E-state index contributed by atoms with van der Waals surface area (Å²) in [6, 6.07) is 9.56. The summed E-state index contributed by atoms with van der Waals surface area (Å²) in [5.41, 5.74) is 6.52. The number of rotatable bonds is 5. The average Bonchev–Trinajstić information content (AvgIpc) is 2.26. The zero-order valence-electron chi connectivity index (χ0n) is 9.72. The van der Waals surface area contributed by atoms with E-state index in [1.54, 1.807) is 4.90 Å². The van der Waals surface area contributed by atoms with Gasteiger partial charge in [0.25, 0.3) is 0 Å². The van der Waals surface area contributed by atoms with Crippen molar-refractivity contribution < 1.29 is 9.53 Å². The van der Waals surface area contributed by atoms with E-state index >= 15 is 0 Å². The summed E-state index contributed by atoms with van der Waals surface area (Å²) in [5.74, 6) is -0.260. The topological polar surface area (TPSA) is 55.6 Å². The molecule has 4 nitrogen and oxygen atoms in total. The van der Waals surface area contributed by atoms with E-state index in [4.69, 9.17) is 10.5 Å². The summed E-state index contributed by atoms with van der Waals surface area (Å²) in [5, 5.41) is 0. The molecule has 1 rings (SSSR count). The number of carbonyl (C=O) groups excluding carboxylic acids is 1. The molecule has 0 bridgehead atoms. The smallest absolute Gasteiger partial charge is 0.325 e. The Bertz CT molecular complexity index is 325. The van der Waals surface area contributed by atoms with Crippen molar-refractivity contribution in [3.63, 3.8) is 0 Å². The maximum Gasteiger partial charge on any atom is 0.325 e. The van der Waals surface area contributed by atoms with Gasteiger partial charge < -0.3 is 15.4 Å². The van der Waals surface area contributed by atoms with Gasteiger partial charge in [-0.25, -0.2) is 0 Å². The van der Waals surface area contributed by atoms with Crippen LogP contribution in [0.3, 0.4) is 0 Å². The maximum absolute atomic E-state index is 11.5. The van der Waals surface area contributed by atoms with Gasteiger partial charge >= 0.3 is 5.97 Å². The zero-order chi connectivity index (χ0) is 12.0. The lowest BCUT2D eigenvalue weighted by Crippen LogP contribution is -2.36. The van der Waals surface area contributed by atoms with Gasteiger partial charge in [0.15, 0.2) is 0 Å². The van der Waals surface area contributed by atoms with Gasteiger partial charge in [-0.15, -0.1) is 0 Å². The number of hydrogen-bond acceptors (Lipinski definition) is 4. The van der Waals surface area contributed by atoms with Gasteiger partial charge in [0.05, 0.1) is 12.8 Å². The minimum absolute atomic E-state index is 0.0945. The minimum Gasteiger partial charge on any atom is -0.462 e. The molecule has 0 radical (unpaired) electrons. The first kappa shape index (κ1) is 12.5. The molecule has 0 aliphatic carbocycles. The SMILES string of the molecule is CC(C)OC(=O)CN(CN)c1ccccc1. The number of nitrogens with zero attached hydrogens (tertiary/aromatic N) is 1. The van der Waals surface area contributed by atoms with Crippen molar-refractivity contribution in [1.82, 2.24) is 0 Å². The summed E-state index contributed by atoms with van der Waals surface area (Å²) in [6.07, 6.45) is -0.0945. The van der Waals surface area contributed by atoms with E-state index in [1.807, 2.05) is 44.2 Å². The van der Waals surface area contributed by atoms with Crippen LogP contribution in [0.15, 0.2) is 30.3 Å². The maximum atomic E-state index is 11.5. The number of esters is 1. The number of carbonyl (C=O) groups is 1. The molecule has 0 heterocycles. The molecule has 0 aromatic heterocycles. The fourth-order valence-corrected chi connectivity index (χ4v) is 1.36. The molecular weight excluding hydrogens is 204 g/mol. The van der Waals surface area contributed by atoms with Crippen LogP contribution >= 0.6 is 0 Å². The first-order chi connectivity index (χ1) is 7.63. The van der Waals surface area contributed by atoms with E-state index in [0.717, 1.165) is 5.69 Å². The second-order valence-electron chi connectivity index (χ2n) is 3.75. The van der Waals surface area contributed by atoms with Gasteiger partial charge in [0.1, 0.15) is 6.54 Å². The van der Waals surface area contributed by atoms with Gasteiger partial charge in [-0.05, 0) is 26.0 Å². The van der Waals surface area contributed by atoms with Crippen LogP contribution in [0.25, 0.3) is 0 Å². The fraction of sp³-hybridized carbons (Fsp3) is 0.417. The number of anilines is 1. The highest BCUT2D eigenvalue weighted by atomic mass is 16.5. The summed E-state index contributed by atoms with van der Waals surface area (Å²) >= 11 is 0. The molecule has 2 N–H and O–H groups in total. The van der Waals surface area contributed by atoms with Gasteiger partial charge in [-0.2, -0.15) is 0 Å². The van der Waals surface area contributed by atoms with Crippen molar-refractivity contribution in [2.24, 2.45) is 5.73 Å². The largest absolute Gasteiger partial charge is 0.462 e. The minimum atomic E-state index is -0.260. The van der Waals surface area contributed by atoms with Gasteiger partial charge in [0.2, 0.25) is 0 Å². The van der Waals surface area contributed by atoms with Gasteiger partial charge in [-0.3, -0.25) is 4.79 Å². The standard InChI is InChI=1S/C12H18N2O2/c1-10(2)16-12(15)8-14(9-13)11-6-4-3-5-7-11/h3-7,10H,8-9,13H2,1-2H3. The summed E-state index contributed by atoms with van der Waals surface area (Å²) < 4.78 is 5.07. The van der Waals surface area contributed by atoms with Crippen LogP contribution in [-0.4, -0.2) is 25.3 Å². The molecule has 88 valence electrons. The van der Waals surface area contributed by atoms with Crippen LogP contribution in [0.5, 0.6) is 0 Å². The molecule has 0 aliphatic heterocycles.